The van der Waals surface area contributed by atoms with Crippen LogP contribution in [0.2, 0.25) is 10.0 Å². The molecule has 3 rings (SSSR count). The number of rotatable bonds is 3. The number of aryl methyl sites for hydroxylation is 1. The number of pyridine rings is 1. The lowest BCUT2D eigenvalue weighted by molar-refractivity contribution is 0.168. The molecule has 2 heterocycles. The summed E-state index contributed by atoms with van der Waals surface area (Å²) < 4.78 is 1.86. The summed E-state index contributed by atoms with van der Waals surface area (Å²) in [5.41, 5.74) is 4.18. The molecule has 0 spiro atoms. The second-order valence-electron chi connectivity index (χ2n) is 5.31. The molecule has 0 saturated carbocycles. The highest BCUT2D eigenvalue weighted by Gasteiger charge is 2.20. The van der Waals surface area contributed by atoms with Gasteiger partial charge in [0.2, 0.25) is 0 Å². The molecule has 22 heavy (non-hydrogen) atoms. The predicted molar refractivity (Wildman–Crippen MR) is 90.6 cm³/mol. The van der Waals surface area contributed by atoms with Crippen LogP contribution in [0.25, 0.3) is 16.9 Å². The average Bonchev–Trinajstić information content (AvgIpc) is 2.87. The molecule has 0 aliphatic carbocycles. The maximum absolute atomic E-state index is 10.4. The first-order chi connectivity index (χ1) is 10.5. The van der Waals surface area contributed by atoms with Crippen LogP contribution < -0.4 is 0 Å². The van der Waals surface area contributed by atoms with Crippen LogP contribution in [-0.4, -0.2) is 14.5 Å². The molecule has 0 aliphatic rings. The molecule has 2 aromatic heterocycles. The quantitative estimate of drug-likeness (QED) is 0.726. The summed E-state index contributed by atoms with van der Waals surface area (Å²) in [5, 5.41) is 11.8. The lowest BCUT2D eigenvalue weighted by Gasteiger charge is -2.11. The highest BCUT2D eigenvalue weighted by atomic mass is 35.5. The van der Waals surface area contributed by atoms with E-state index in [0.29, 0.717) is 16.5 Å². The van der Waals surface area contributed by atoms with E-state index >= 15 is 0 Å². The van der Waals surface area contributed by atoms with Crippen molar-refractivity contribution in [3.63, 3.8) is 0 Å². The molecule has 0 bridgehead atoms. The van der Waals surface area contributed by atoms with Crippen molar-refractivity contribution < 1.29 is 5.11 Å². The summed E-state index contributed by atoms with van der Waals surface area (Å²) in [7, 11) is 0. The van der Waals surface area contributed by atoms with E-state index in [-0.39, 0.29) is 0 Å². The SMILES string of the molecule is CCC(O)c1c(-c2ccc(Cl)c(C)c2)nc2ccc(Cl)cn12. The third-order valence-electron chi connectivity index (χ3n) is 3.75. The number of hydrogen-bond donors (Lipinski definition) is 1. The Labute approximate surface area is 139 Å². The summed E-state index contributed by atoms with van der Waals surface area (Å²) in [4.78, 5) is 4.67. The van der Waals surface area contributed by atoms with Crippen LogP contribution >= 0.6 is 23.2 Å². The Kier molecular flexibility index (Phi) is 4.13. The Hall–Kier alpha value is -1.55. The van der Waals surface area contributed by atoms with Gasteiger partial charge in [-0.2, -0.15) is 0 Å². The zero-order valence-electron chi connectivity index (χ0n) is 12.3. The minimum absolute atomic E-state index is 0.597. The summed E-state index contributed by atoms with van der Waals surface area (Å²) in [6, 6.07) is 9.40. The molecule has 0 saturated heterocycles. The topological polar surface area (TPSA) is 37.5 Å². The Morgan fingerprint density at radius 2 is 2.00 bits per heavy atom. The normalized spacial score (nSPS) is 12.8. The number of imidazole rings is 1. The van der Waals surface area contributed by atoms with Crippen LogP contribution in [0.4, 0.5) is 0 Å². The van der Waals surface area contributed by atoms with E-state index in [4.69, 9.17) is 23.2 Å². The molecule has 1 aromatic carbocycles. The summed E-state index contributed by atoms with van der Waals surface area (Å²) >= 11 is 12.2. The average molecular weight is 335 g/mol. The zero-order chi connectivity index (χ0) is 15.9. The summed E-state index contributed by atoms with van der Waals surface area (Å²) in [6.07, 6.45) is 1.77. The standard InChI is InChI=1S/C17H16Cl2N2O/c1-3-14(22)17-16(11-4-6-13(19)10(2)8-11)20-15-7-5-12(18)9-21(15)17/h4-9,14,22H,3H2,1-2H3. The van der Waals surface area contributed by atoms with Gasteiger partial charge in [0.1, 0.15) is 5.65 Å². The van der Waals surface area contributed by atoms with Crippen molar-refractivity contribution in [3.8, 4) is 11.3 Å². The van der Waals surface area contributed by atoms with Gasteiger partial charge < -0.3 is 5.11 Å². The lowest BCUT2D eigenvalue weighted by atomic mass is 10.0. The summed E-state index contributed by atoms with van der Waals surface area (Å²) in [5.74, 6) is 0. The highest BCUT2D eigenvalue weighted by molar-refractivity contribution is 6.31. The molecular weight excluding hydrogens is 319 g/mol. The number of fused-ring (bicyclic) bond motifs is 1. The molecule has 114 valence electrons. The first-order valence-electron chi connectivity index (χ1n) is 7.13. The smallest absolute Gasteiger partial charge is 0.137 e. The van der Waals surface area contributed by atoms with Gasteiger partial charge in [-0.25, -0.2) is 4.98 Å². The molecule has 0 radical (unpaired) electrons. The first kappa shape index (κ1) is 15.3. The van der Waals surface area contributed by atoms with Gasteiger partial charge in [0, 0.05) is 16.8 Å². The van der Waals surface area contributed by atoms with Crippen LogP contribution in [0.1, 0.15) is 30.7 Å². The maximum Gasteiger partial charge on any atom is 0.137 e. The lowest BCUT2D eigenvalue weighted by Crippen LogP contribution is -2.02. The second kappa shape index (κ2) is 5.92. The van der Waals surface area contributed by atoms with E-state index in [2.05, 4.69) is 4.98 Å². The Morgan fingerprint density at radius 3 is 2.68 bits per heavy atom. The molecule has 1 N–H and O–H groups in total. The predicted octanol–water partition coefficient (Wildman–Crippen LogP) is 5.06. The van der Waals surface area contributed by atoms with E-state index in [1.807, 2.05) is 42.5 Å². The van der Waals surface area contributed by atoms with Gasteiger partial charge in [0.05, 0.1) is 22.5 Å². The van der Waals surface area contributed by atoms with Crippen LogP contribution in [0, 0.1) is 6.92 Å². The summed E-state index contributed by atoms with van der Waals surface area (Å²) in [6.45, 7) is 3.89. The van der Waals surface area contributed by atoms with Crippen molar-refractivity contribution in [2.45, 2.75) is 26.4 Å². The molecule has 1 unspecified atom stereocenters. The number of aliphatic hydroxyl groups excluding tert-OH is 1. The van der Waals surface area contributed by atoms with Crippen molar-refractivity contribution in [3.05, 3.63) is 57.8 Å². The van der Waals surface area contributed by atoms with Gasteiger partial charge in [-0.1, -0.05) is 36.2 Å². The first-order valence-corrected chi connectivity index (χ1v) is 7.89. The number of benzene rings is 1. The third-order valence-corrected chi connectivity index (χ3v) is 4.40. The van der Waals surface area contributed by atoms with Crippen LogP contribution in [0.15, 0.2) is 36.5 Å². The van der Waals surface area contributed by atoms with Crippen LogP contribution in [0.3, 0.4) is 0 Å². The molecule has 5 heteroatoms. The van der Waals surface area contributed by atoms with Gasteiger partial charge >= 0.3 is 0 Å². The Bertz CT molecular complexity index is 842. The van der Waals surface area contributed by atoms with Crippen molar-refractivity contribution in [1.82, 2.24) is 9.38 Å². The van der Waals surface area contributed by atoms with E-state index in [9.17, 15) is 5.11 Å². The van der Waals surface area contributed by atoms with E-state index < -0.39 is 6.10 Å². The van der Waals surface area contributed by atoms with Crippen LogP contribution in [-0.2, 0) is 0 Å². The number of hydrogen-bond acceptors (Lipinski definition) is 2. The molecule has 1 atom stereocenters. The monoisotopic (exact) mass is 334 g/mol. The van der Waals surface area contributed by atoms with Gasteiger partial charge in [-0.3, -0.25) is 4.40 Å². The second-order valence-corrected chi connectivity index (χ2v) is 6.15. The number of halogens is 2. The molecule has 0 fully saturated rings. The minimum atomic E-state index is -0.612. The molecule has 3 nitrogen and oxygen atoms in total. The van der Waals surface area contributed by atoms with Crippen molar-refractivity contribution in [2.75, 3.05) is 0 Å². The fourth-order valence-electron chi connectivity index (χ4n) is 2.55. The fourth-order valence-corrected chi connectivity index (χ4v) is 2.83. The molecular formula is C17H16Cl2N2O. The third kappa shape index (κ3) is 2.60. The van der Waals surface area contributed by atoms with Gasteiger partial charge in [0.15, 0.2) is 0 Å². The maximum atomic E-state index is 10.4. The fraction of sp³-hybridized carbons (Fsp3) is 0.235. The zero-order valence-corrected chi connectivity index (χ0v) is 13.9. The van der Waals surface area contributed by atoms with E-state index in [0.717, 1.165) is 28.2 Å². The molecule has 0 amide bonds. The number of aliphatic hydroxyl groups is 1. The van der Waals surface area contributed by atoms with Crippen molar-refractivity contribution in [2.24, 2.45) is 0 Å². The molecule has 3 aromatic rings. The Morgan fingerprint density at radius 1 is 1.23 bits per heavy atom. The van der Waals surface area contributed by atoms with Gasteiger partial charge in [0.25, 0.3) is 0 Å². The van der Waals surface area contributed by atoms with E-state index in [1.54, 1.807) is 12.3 Å². The molecule has 0 aliphatic heterocycles. The Balaban J connectivity index is 2.30. The van der Waals surface area contributed by atoms with Crippen molar-refractivity contribution >= 4 is 28.8 Å². The van der Waals surface area contributed by atoms with Crippen LogP contribution in [0.5, 0.6) is 0 Å². The number of aromatic nitrogens is 2. The highest BCUT2D eigenvalue weighted by Crippen LogP contribution is 2.32. The number of nitrogens with zero attached hydrogens (tertiary/aromatic N) is 2. The largest absolute Gasteiger partial charge is 0.387 e. The van der Waals surface area contributed by atoms with Gasteiger partial charge in [-0.15, -0.1) is 0 Å². The minimum Gasteiger partial charge on any atom is -0.387 e. The van der Waals surface area contributed by atoms with Crippen molar-refractivity contribution in [1.29, 1.82) is 0 Å². The van der Waals surface area contributed by atoms with Gasteiger partial charge in [-0.05, 0) is 43.2 Å². The van der Waals surface area contributed by atoms with E-state index in [1.165, 1.54) is 0 Å².